The lowest BCUT2D eigenvalue weighted by Gasteiger charge is -2.18. The van der Waals surface area contributed by atoms with Gasteiger partial charge in [0.05, 0.1) is 11.3 Å². The fourth-order valence-electron chi connectivity index (χ4n) is 3.91. The minimum absolute atomic E-state index is 0.0233. The van der Waals surface area contributed by atoms with Crippen molar-refractivity contribution in [2.75, 3.05) is 0 Å². The van der Waals surface area contributed by atoms with Crippen LogP contribution in [0.3, 0.4) is 0 Å². The summed E-state index contributed by atoms with van der Waals surface area (Å²) in [5.41, 5.74) is 2.51. The van der Waals surface area contributed by atoms with Crippen molar-refractivity contribution in [1.82, 2.24) is 14.7 Å². The van der Waals surface area contributed by atoms with Gasteiger partial charge in [-0.05, 0) is 54.4 Å². The van der Waals surface area contributed by atoms with Gasteiger partial charge in [-0.25, -0.2) is 9.37 Å². The minimum Gasteiger partial charge on any atom is -0.352 e. The van der Waals surface area contributed by atoms with Crippen molar-refractivity contribution in [3.8, 4) is 0 Å². The van der Waals surface area contributed by atoms with E-state index in [0.717, 1.165) is 23.5 Å². The summed E-state index contributed by atoms with van der Waals surface area (Å²) in [7, 11) is 0. The van der Waals surface area contributed by atoms with E-state index in [0.29, 0.717) is 16.8 Å². The molecule has 4 aromatic rings. The molecule has 0 aliphatic heterocycles. The predicted molar refractivity (Wildman–Crippen MR) is 116 cm³/mol. The molecule has 1 amide bonds. The summed E-state index contributed by atoms with van der Waals surface area (Å²) in [5, 5.41) is 2.69. The van der Waals surface area contributed by atoms with Gasteiger partial charge >= 0.3 is 6.18 Å². The Morgan fingerprint density at radius 3 is 2.58 bits per heavy atom. The number of hydrogen-bond donors (Lipinski definition) is 1. The first-order chi connectivity index (χ1) is 15.7. The van der Waals surface area contributed by atoms with Crippen LogP contribution < -0.4 is 5.32 Å². The van der Waals surface area contributed by atoms with E-state index in [1.807, 2.05) is 29.5 Å². The van der Waals surface area contributed by atoms with E-state index in [2.05, 4.69) is 10.3 Å². The number of aromatic nitrogens is 2. The summed E-state index contributed by atoms with van der Waals surface area (Å²) in [6.07, 6.45) is -2.81. The third-order valence-electron chi connectivity index (χ3n) is 5.49. The Kier molecular flexibility index (Phi) is 6.18. The second-order valence-electron chi connectivity index (χ2n) is 7.83. The molecule has 0 saturated heterocycles. The predicted octanol–water partition coefficient (Wildman–Crippen LogP) is 5.64. The molecule has 0 radical (unpaired) electrons. The second-order valence-corrected chi connectivity index (χ2v) is 7.83. The van der Waals surface area contributed by atoms with Gasteiger partial charge in [0.1, 0.15) is 11.5 Å². The van der Waals surface area contributed by atoms with Crippen LogP contribution in [0.4, 0.5) is 17.6 Å². The molecule has 0 aliphatic carbocycles. The number of fused-ring (bicyclic) bond motifs is 1. The first-order valence-electron chi connectivity index (χ1n) is 10.3. The normalized spacial score (nSPS) is 12.6. The van der Waals surface area contributed by atoms with Gasteiger partial charge in [-0.1, -0.05) is 30.3 Å². The zero-order valence-electron chi connectivity index (χ0n) is 17.7. The lowest BCUT2D eigenvalue weighted by molar-refractivity contribution is -0.137. The van der Waals surface area contributed by atoms with Crippen LogP contribution in [-0.2, 0) is 17.5 Å². The van der Waals surface area contributed by atoms with Crippen molar-refractivity contribution in [2.45, 2.75) is 32.0 Å². The highest BCUT2D eigenvalue weighted by Crippen LogP contribution is 2.31. The van der Waals surface area contributed by atoms with E-state index in [9.17, 15) is 22.4 Å². The van der Waals surface area contributed by atoms with Crippen LogP contribution >= 0.6 is 0 Å². The molecule has 0 bridgehead atoms. The number of pyridine rings is 1. The fourth-order valence-corrected chi connectivity index (χ4v) is 3.91. The number of hydrogen-bond acceptors (Lipinski definition) is 2. The van der Waals surface area contributed by atoms with E-state index in [4.69, 9.17) is 0 Å². The first-order valence-corrected chi connectivity index (χ1v) is 10.3. The van der Waals surface area contributed by atoms with E-state index in [-0.39, 0.29) is 18.9 Å². The summed E-state index contributed by atoms with van der Waals surface area (Å²) in [4.78, 5) is 17.2. The molecule has 4 nitrogen and oxygen atoms in total. The second kappa shape index (κ2) is 9.05. The van der Waals surface area contributed by atoms with Gasteiger partial charge in [-0.3, -0.25) is 4.79 Å². The number of carbonyl (C=O) groups excluding carboxylic acids is 1. The standard InChI is InChI=1S/C25H21F4N3O/c1-16-5-2-10-23-30-15-22(32(16)23)21(18-7-4-9-20(26)12-18)13-24(33)31-14-17-6-3-8-19(11-17)25(27,28)29/h2-12,15,21H,13-14H2,1H3,(H,31,33). The van der Waals surface area contributed by atoms with Crippen molar-refractivity contribution >= 4 is 11.6 Å². The SMILES string of the molecule is Cc1cccc2ncc(C(CC(=O)NCc3cccc(C(F)(F)F)c3)c3cccc(F)c3)n12. The number of imidazole rings is 1. The maximum absolute atomic E-state index is 14.0. The van der Waals surface area contributed by atoms with Crippen LogP contribution in [0.5, 0.6) is 0 Å². The Labute approximate surface area is 187 Å². The van der Waals surface area contributed by atoms with Gasteiger partial charge in [-0.15, -0.1) is 0 Å². The highest BCUT2D eigenvalue weighted by molar-refractivity contribution is 5.77. The molecule has 1 unspecified atom stereocenters. The van der Waals surface area contributed by atoms with E-state index in [1.165, 1.54) is 24.3 Å². The Morgan fingerprint density at radius 2 is 1.82 bits per heavy atom. The number of alkyl halides is 3. The maximum Gasteiger partial charge on any atom is 0.416 e. The Morgan fingerprint density at radius 1 is 1.06 bits per heavy atom. The average molecular weight is 455 g/mol. The molecule has 1 atom stereocenters. The molecule has 0 aliphatic rings. The zero-order chi connectivity index (χ0) is 23.6. The molecular formula is C25H21F4N3O. The number of amides is 1. The topological polar surface area (TPSA) is 46.4 Å². The van der Waals surface area contributed by atoms with Gasteiger partial charge in [0.25, 0.3) is 0 Å². The third kappa shape index (κ3) is 5.05. The lowest BCUT2D eigenvalue weighted by Crippen LogP contribution is -2.25. The maximum atomic E-state index is 14.0. The first kappa shape index (κ1) is 22.5. The largest absolute Gasteiger partial charge is 0.416 e. The number of nitrogens with zero attached hydrogens (tertiary/aromatic N) is 2. The molecule has 170 valence electrons. The van der Waals surface area contributed by atoms with Crippen LogP contribution in [0.1, 0.15) is 40.4 Å². The highest BCUT2D eigenvalue weighted by atomic mass is 19.4. The number of aryl methyl sites for hydroxylation is 1. The number of halogens is 4. The van der Waals surface area contributed by atoms with E-state index in [1.54, 1.807) is 18.3 Å². The number of rotatable bonds is 6. The van der Waals surface area contributed by atoms with Crippen molar-refractivity contribution in [1.29, 1.82) is 0 Å². The van der Waals surface area contributed by atoms with Crippen LogP contribution in [-0.4, -0.2) is 15.3 Å². The van der Waals surface area contributed by atoms with Crippen molar-refractivity contribution in [3.63, 3.8) is 0 Å². The summed E-state index contributed by atoms with van der Waals surface area (Å²) in [6, 6.07) is 16.5. The van der Waals surface area contributed by atoms with Gasteiger partial charge in [0.15, 0.2) is 0 Å². The molecule has 0 spiro atoms. The Hall–Kier alpha value is -3.68. The number of carbonyl (C=O) groups is 1. The minimum atomic E-state index is -4.45. The Balaban J connectivity index is 1.59. The van der Waals surface area contributed by atoms with Gasteiger partial charge in [0.2, 0.25) is 5.91 Å². The molecule has 2 heterocycles. The van der Waals surface area contributed by atoms with Crippen molar-refractivity contribution in [2.24, 2.45) is 0 Å². The number of nitrogens with one attached hydrogen (secondary N) is 1. The van der Waals surface area contributed by atoms with Crippen LogP contribution in [0.25, 0.3) is 5.65 Å². The van der Waals surface area contributed by atoms with E-state index < -0.39 is 23.5 Å². The molecule has 0 fully saturated rings. The van der Waals surface area contributed by atoms with Crippen LogP contribution in [0.2, 0.25) is 0 Å². The van der Waals surface area contributed by atoms with Gasteiger partial charge in [0, 0.05) is 30.8 Å². The molecule has 2 aromatic heterocycles. The molecule has 1 N–H and O–H groups in total. The van der Waals surface area contributed by atoms with Crippen molar-refractivity contribution in [3.05, 3.63) is 107 Å². The average Bonchev–Trinajstić information content (AvgIpc) is 3.21. The summed E-state index contributed by atoms with van der Waals surface area (Å²) in [6.45, 7) is 1.86. The summed E-state index contributed by atoms with van der Waals surface area (Å²) < 4.78 is 54.8. The van der Waals surface area contributed by atoms with Crippen molar-refractivity contribution < 1.29 is 22.4 Å². The lowest BCUT2D eigenvalue weighted by atomic mass is 9.92. The van der Waals surface area contributed by atoms with Gasteiger partial charge in [-0.2, -0.15) is 13.2 Å². The fraction of sp³-hybridized carbons (Fsp3) is 0.200. The monoisotopic (exact) mass is 455 g/mol. The summed E-state index contributed by atoms with van der Waals surface area (Å²) >= 11 is 0. The molecule has 4 rings (SSSR count). The van der Waals surface area contributed by atoms with Crippen LogP contribution in [0.15, 0.2) is 72.9 Å². The number of benzene rings is 2. The van der Waals surface area contributed by atoms with Gasteiger partial charge < -0.3 is 9.72 Å². The zero-order valence-corrected chi connectivity index (χ0v) is 17.7. The molecule has 2 aromatic carbocycles. The van der Waals surface area contributed by atoms with E-state index >= 15 is 0 Å². The highest BCUT2D eigenvalue weighted by Gasteiger charge is 2.30. The summed E-state index contributed by atoms with van der Waals surface area (Å²) in [5.74, 6) is -1.30. The molecule has 0 saturated carbocycles. The molecular weight excluding hydrogens is 434 g/mol. The quantitative estimate of drug-likeness (QED) is 0.383. The smallest absolute Gasteiger partial charge is 0.352 e. The molecule has 33 heavy (non-hydrogen) atoms. The third-order valence-corrected chi connectivity index (χ3v) is 5.49. The molecule has 8 heteroatoms. The van der Waals surface area contributed by atoms with Crippen LogP contribution in [0, 0.1) is 12.7 Å². The Bertz CT molecular complexity index is 1300.